The van der Waals surface area contributed by atoms with Gasteiger partial charge in [-0.05, 0) is 74.7 Å². The summed E-state index contributed by atoms with van der Waals surface area (Å²) in [4.78, 5) is 0. The van der Waals surface area contributed by atoms with Crippen molar-refractivity contribution in [1.82, 2.24) is 0 Å². The molecule has 3 aromatic rings. The topological polar surface area (TPSA) is 52.0 Å². The molecule has 0 atom stereocenters. The third-order valence-electron chi connectivity index (χ3n) is 7.79. The molecule has 0 saturated carbocycles. The molecular weight excluding hydrogens is 376 g/mol. The zero-order valence-electron chi connectivity index (χ0n) is 19.8. The molecule has 1 aliphatic carbocycles. The molecule has 1 aliphatic rings. The Morgan fingerprint density at radius 1 is 0.645 bits per heavy atom. The Hall–Kier alpha value is -2.74. The van der Waals surface area contributed by atoms with Gasteiger partial charge in [0.15, 0.2) is 0 Å². The van der Waals surface area contributed by atoms with Crippen molar-refractivity contribution in [3.8, 4) is 11.1 Å². The number of fused-ring (bicyclic) bond motifs is 3. The lowest BCUT2D eigenvalue weighted by atomic mass is 9.78. The van der Waals surface area contributed by atoms with Crippen LogP contribution >= 0.6 is 0 Å². The van der Waals surface area contributed by atoms with E-state index < -0.39 is 0 Å². The molecular formula is C29H36N2. The molecule has 0 unspecified atom stereocenters. The summed E-state index contributed by atoms with van der Waals surface area (Å²) in [7, 11) is 0. The summed E-state index contributed by atoms with van der Waals surface area (Å²) in [5.41, 5.74) is 23.3. The zero-order chi connectivity index (χ0) is 22.6. The number of nitrogens with two attached hydrogens (primary N) is 2. The van der Waals surface area contributed by atoms with Crippen LogP contribution in [0.15, 0.2) is 54.6 Å². The Kier molecular flexibility index (Phi) is 5.16. The van der Waals surface area contributed by atoms with Gasteiger partial charge in [-0.25, -0.2) is 0 Å². The van der Waals surface area contributed by atoms with Crippen molar-refractivity contribution in [3.63, 3.8) is 0 Å². The third-order valence-corrected chi connectivity index (χ3v) is 7.79. The van der Waals surface area contributed by atoms with E-state index in [1.807, 2.05) is 6.07 Å². The molecule has 31 heavy (non-hydrogen) atoms. The van der Waals surface area contributed by atoms with Gasteiger partial charge in [-0.2, -0.15) is 0 Å². The molecule has 0 bridgehead atoms. The maximum atomic E-state index is 6.24. The Morgan fingerprint density at radius 2 is 1.13 bits per heavy atom. The Morgan fingerprint density at radius 3 is 1.55 bits per heavy atom. The molecule has 0 aliphatic heterocycles. The summed E-state index contributed by atoms with van der Waals surface area (Å²) in [5, 5.41) is 0. The molecule has 4 N–H and O–H groups in total. The summed E-state index contributed by atoms with van der Waals surface area (Å²) in [6.45, 7) is 13.8. The number of nitrogen functional groups attached to an aromatic ring is 2. The fraction of sp³-hybridized carbons (Fsp3) is 0.379. The Balaban J connectivity index is 1.97. The van der Waals surface area contributed by atoms with Crippen LogP contribution < -0.4 is 11.5 Å². The second-order valence-corrected chi connectivity index (χ2v) is 10.4. The minimum atomic E-state index is 0.143. The number of benzene rings is 3. The number of rotatable bonds is 5. The van der Waals surface area contributed by atoms with E-state index in [-0.39, 0.29) is 16.7 Å². The van der Waals surface area contributed by atoms with Crippen LogP contribution in [-0.4, -0.2) is 0 Å². The van der Waals surface area contributed by atoms with E-state index >= 15 is 0 Å². The molecule has 0 amide bonds. The molecule has 0 heterocycles. The van der Waals surface area contributed by atoms with Gasteiger partial charge in [0.2, 0.25) is 0 Å². The molecule has 0 saturated heterocycles. The van der Waals surface area contributed by atoms with Crippen molar-refractivity contribution < 1.29 is 0 Å². The van der Waals surface area contributed by atoms with Crippen molar-refractivity contribution in [3.05, 3.63) is 82.4 Å². The van der Waals surface area contributed by atoms with Gasteiger partial charge in [0, 0.05) is 5.92 Å². The first-order valence-corrected chi connectivity index (χ1v) is 11.5. The van der Waals surface area contributed by atoms with E-state index in [4.69, 9.17) is 11.5 Å². The van der Waals surface area contributed by atoms with Crippen molar-refractivity contribution >= 4 is 11.4 Å². The highest BCUT2D eigenvalue weighted by atomic mass is 14.7. The molecule has 4 rings (SSSR count). The molecule has 2 heteroatoms. The van der Waals surface area contributed by atoms with Crippen LogP contribution in [0, 0.1) is 0 Å². The number of anilines is 2. The molecule has 162 valence electrons. The second kappa shape index (κ2) is 7.44. The lowest BCUT2D eigenvalue weighted by Crippen LogP contribution is -2.16. The summed E-state index contributed by atoms with van der Waals surface area (Å²) in [5.74, 6) is 0.174. The van der Waals surface area contributed by atoms with Gasteiger partial charge < -0.3 is 11.5 Å². The summed E-state index contributed by atoms with van der Waals surface area (Å²) >= 11 is 0. The highest BCUT2D eigenvalue weighted by molar-refractivity contribution is 5.82. The van der Waals surface area contributed by atoms with Crippen LogP contribution in [0.1, 0.15) is 88.1 Å². The highest BCUT2D eigenvalue weighted by Gasteiger charge is 2.33. The predicted octanol–water partition coefficient (Wildman–Crippen LogP) is 7.39. The van der Waals surface area contributed by atoms with E-state index in [2.05, 4.69) is 90.1 Å². The van der Waals surface area contributed by atoms with Gasteiger partial charge in [0.05, 0.1) is 11.4 Å². The Labute approximate surface area is 187 Å². The van der Waals surface area contributed by atoms with E-state index in [0.717, 1.165) is 12.8 Å². The summed E-state index contributed by atoms with van der Waals surface area (Å²) in [6, 6.07) is 20.3. The fourth-order valence-electron chi connectivity index (χ4n) is 4.64. The van der Waals surface area contributed by atoms with Crippen molar-refractivity contribution in [2.75, 3.05) is 11.5 Å². The van der Waals surface area contributed by atoms with Crippen LogP contribution in [0.4, 0.5) is 11.4 Å². The van der Waals surface area contributed by atoms with Crippen LogP contribution in [0.3, 0.4) is 0 Å². The molecule has 0 fully saturated rings. The predicted molar refractivity (Wildman–Crippen MR) is 135 cm³/mol. The van der Waals surface area contributed by atoms with Crippen molar-refractivity contribution in [2.24, 2.45) is 0 Å². The maximum absolute atomic E-state index is 6.24. The van der Waals surface area contributed by atoms with Crippen molar-refractivity contribution in [2.45, 2.75) is 71.1 Å². The standard InChI is InChI=1S/C29H36N2/c1-7-28(3,4)19-10-12-21-22-13-11-20(29(5,6)8-2)17-24(22)27(23(21)16-19)18-9-14-25(30)26(31)15-18/h9-17,27H,7-8,30-31H2,1-6H3. The average Bonchev–Trinajstić information content (AvgIpc) is 3.08. The summed E-state index contributed by atoms with van der Waals surface area (Å²) in [6.07, 6.45) is 2.21. The van der Waals surface area contributed by atoms with E-state index in [9.17, 15) is 0 Å². The molecule has 0 radical (unpaired) electrons. The summed E-state index contributed by atoms with van der Waals surface area (Å²) < 4.78 is 0. The molecule has 2 nitrogen and oxygen atoms in total. The van der Waals surface area contributed by atoms with Crippen LogP contribution in [0.2, 0.25) is 0 Å². The largest absolute Gasteiger partial charge is 0.397 e. The van der Waals surface area contributed by atoms with Gasteiger partial charge in [-0.15, -0.1) is 0 Å². The normalized spacial score (nSPS) is 13.9. The van der Waals surface area contributed by atoms with Gasteiger partial charge >= 0.3 is 0 Å². The second-order valence-electron chi connectivity index (χ2n) is 10.4. The van der Waals surface area contributed by atoms with Crippen LogP contribution in [0.25, 0.3) is 11.1 Å². The number of hydrogen-bond acceptors (Lipinski definition) is 2. The minimum Gasteiger partial charge on any atom is -0.397 e. The first-order valence-electron chi connectivity index (χ1n) is 11.5. The lowest BCUT2D eigenvalue weighted by Gasteiger charge is -2.26. The van der Waals surface area contributed by atoms with Crippen LogP contribution in [-0.2, 0) is 10.8 Å². The average molecular weight is 413 g/mol. The number of hydrogen-bond donors (Lipinski definition) is 2. The van der Waals surface area contributed by atoms with Crippen molar-refractivity contribution in [1.29, 1.82) is 0 Å². The monoisotopic (exact) mass is 412 g/mol. The van der Waals surface area contributed by atoms with Gasteiger partial charge in [0.1, 0.15) is 0 Å². The third kappa shape index (κ3) is 3.52. The van der Waals surface area contributed by atoms with E-state index in [1.165, 1.54) is 38.9 Å². The lowest BCUT2D eigenvalue weighted by molar-refractivity contribution is 0.505. The van der Waals surface area contributed by atoms with Gasteiger partial charge in [0.25, 0.3) is 0 Å². The fourth-order valence-corrected chi connectivity index (χ4v) is 4.64. The minimum absolute atomic E-state index is 0.143. The first kappa shape index (κ1) is 21.5. The first-order chi connectivity index (χ1) is 14.6. The SMILES string of the molecule is CCC(C)(C)c1ccc2c(c1)C(c1ccc(N)c(N)c1)c1cc(C(C)(C)CC)ccc1-2. The zero-order valence-corrected chi connectivity index (χ0v) is 19.8. The van der Waals surface area contributed by atoms with E-state index in [1.54, 1.807) is 0 Å². The molecule has 0 spiro atoms. The quantitative estimate of drug-likeness (QED) is 0.336. The molecule has 3 aromatic carbocycles. The van der Waals surface area contributed by atoms with Crippen LogP contribution in [0.5, 0.6) is 0 Å². The smallest absolute Gasteiger partial charge is 0.0550 e. The highest BCUT2D eigenvalue weighted by Crippen LogP contribution is 2.50. The van der Waals surface area contributed by atoms with Gasteiger partial charge in [-0.1, -0.05) is 84.0 Å². The Bertz CT molecular complexity index is 1070. The van der Waals surface area contributed by atoms with E-state index in [0.29, 0.717) is 11.4 Å². The molecule has 0 aromatic heterocycles. The maximum Gasteiger partial charge on any atom is 0.0550 e. The van der Waals surface area contributed by atoms with Gasteiger partial charge in [-0.3, -0.25) is 0 Å².